The zero-order chi connectivity index (χ0) is 22.7. The molecule has 1 amide bonds. The minimum absolute atomic E-state index is 0.0266. The summed E-state index contributed by atoms with van der Waals surface area (Å²) in [5.41, 5.74) is -1.29. The number of pyridine rings is 1. The number of rotatable bonds is 5. The van der Waals surface area contributed by atoms with Crippen LogP contribution in [0.15, 0.2) is 23.1 Å². The Morgan fingerprint density at radius 3 is 2.45 bits per heavy atom. The van der Waals surface area contributed by atoms with E-state index in [9.17, 15) is 37.1 Å². The van der Waals surface area contributed by atoms with Gasteiger partial charge in [-0.25, -0.2) is 9.18 Å². The first-order valence-corrected chi connectivity index (χ1v) is 9.61. The Morgan fingerprint density at radius 2 is 1.90 bits per heavy atom. The van der Waals surface area contributed by atoms with E-state index in [1.807, 2.05) is 5.32 Å². The molecule has 2 aliphatic rings. The molecule has 1 aromatic carbocycles. The van der Waals surface area contributed by atoms with Crippen molar-refractivity contribution in [3.8, 4) is 0 Å². The van der Waals surface area contributed by atoms with E-state index in [0.717, 1.165) is 18.9 Å². The first-order valence-electron chi connectivity index (χ1n) is 9.61. The lowest BCUT2D eigenvalue weighted by atomic mass is 9.81. The first-order chi connectivity index (χ1) is 14.4. The fourth-order valence-corrected chi connectivity index (χ4v) is 3.96. The molecule has 4 rings (SSSR count). The number of aromatic carboxylic acids is 1. The van der Waals surface area contributed by atoms with Crippen molar-refractivity contribution in [1.82, 2.24) is 9.88 Å². The summed E-state index contributed by atoms with van der Waals surface area (Å²) in [6.45, 7) is 1.87. The van der Waals surface area contributed by atoms with Gasteiger partial charge >= 0.3 is 18.1 Å². The second-order valence-corrected chi connectivity index (χ2v) is 8.48. The number of anilines is 1. The normalized spacial score (nSPS) is 18.0. The Kier molecular flexibility index (Phi) is 4.74. The second kappa shape index (κ2) is 6.96. The van der Waals surface area contributed by atoms with Gasteiger partial charge < -0.3 is 19.9 Å². The molecule has 11 heteroatoms. The highest BCUT2D eigenvalue weighted by atomic mass is 19.4. The zero-order valence-corrected chi connectivity index (χ0v) is 16.4. The molecule has 1 saturated carbocycles. The van der Waals surface area contributed by atoms with Crippen molar-refractivity contribution in [3.05, 3.63) is 39.9 Å². The number of nitrogens with zero attached hydrogens (tertiary/aromatic N) is 2. The first kappa shape index (κ1) is 21.1. The minimum atomic E-state index is -4.97. The van der Waals surface area contributed by atoms with Gasteiger partial charge in [-0.05, 0) is 25.0 Å². The number of carboxylic acids is 1. The molecule has 2 heterocycles. The molecule has 166 valence electrons. The van der Waals surface area contributed by atoms with Crippen LogP contribution in [0.2, 0.25) is 0 Å². The third kappa shape index (κ3) is 3.84. The highest BCUT2D eigenvalue weighted by molar-refractivity contribution is 5.93. The summed E-state index contributed by atoms with van der Waals surface area (Å²) in [6.07, 6.45) is -2.07. The molecular weight excluding hydrogens is 422 g/mol. The molecule has 31 heavy (non-hydrogen) atoms. The molecule has 1 aliphatic heterocycles. The van der Waals surface area contributed by atoms with Crippen molar-refractivity contribution < 1.29 is 32.3 Å². The van der Waals surface area contributed by atoms with Gasteiger partial charge in [-0.3, -0.25) is 9.59 Å². The zero-order valence-electron chi connectivity index (χ0n) is 16.4. The second-order valence-electron chi connectivity index (χ2n) is 8.48. The topological polar surface area (TPSA) is 91.6 Å². The standard InChI is InChI=1S/C20H19F4N3O4/c1-19(7-25-18(31)20(22,23)24)8-26(9-19)15-5-14-11(4-13(15)21)16(28)12(17(29)30)6-27(14)10-2-3-10/h4-6,10H,2-3,7-9H2,1H3,(H,25,31)(H,29,30). The Bertz CT molecular complexity index is 1150. The van der Waals surface area contributed by atoms with Crippen LogP contribution in [0.1, 0.15) is 36.2 Å². The van der Waals surface area contributed by atoms with Crippen molar-refractivity contribution in [2.24, 2.45) is 5.41 Å². The molecular formula is C20H19F4N3O4. The Morgan fingerprint density at radius 1 is 1.26 bits per heavy atom. The monoisotopic (exact) mass is 441 g/mol. The summed E-state index contributed by atoms with van der Waals surface area (Å²) in [4.78, 5) is 36.6. The van der Waals surface area contributed by atoms with Crippen LogP contribution in [0.4, 0.5) is 23.2 Å². The third-order valence-electron chi connectivity index (χ3n) is 5.69. The van der Waals surface area contributed by atoms with Crippen molar-refractivity contribution in [2.45, 2.75) is 32.0 Å². The van der Waals surface area contributed by atoms with Gasteiger partial charge in [0.05, 0.1) is 11.2 Å². The van der Waals surface area contributed by atoms with E-state index in [-0.39, 0.29) is 36.7 Å². The number of amides is 1. The molecule has 1 saturated heterocycles. The summed E-state index contributed by atoms with van der Waals surface area (Å²) in [5.74, 6) is -4.13. The van der Waals surface area contributed by atoms with Gasteiger partial charge in [-0.1, -0.05) is 6.92 Å². The van der Waals surface area contributed by atoms with Crippen LogP contribution < -0.4 is 15.6 Å². The average Bonchev–Trinajstić information content (AvgIpc) is 3.48. The quantitative estimate of drug-likeness (QED) is 0.697. The highest BCUT2D eigenvalue weighted by Crippen LogP contribution is 2.40. The number of carbonyl (C=O) groups excluding carboxylic acids is 1. The molecule has 2 N–H and O–H groups in total. The maximum Gasteiger partial charge on any atom is 0.471 e. The molecule has 0 spiro atoms. The van der Waals surface area contributed by atoms with Gasteiger partial charge in [0.25, 0.3) is 0 Å². The fourth-order valence-electron chi connectivity index (χ4n) is 3.96. The maximum atomic E-state index is 14.8. The number of benzene rings is 1. The lowest BCUT2D eigenvalue weighted by Crippen LogP contribution is -2.60. The van der Waals surface area contributed by atoms with E-state index < -0.39 is 40.3 Å². The molecule has 1 aliphatic carbocycles. The molecule has 7 nitrogen and oxygen atoms in total. The number of hydrogen-bond acceptors (Lipinski definition) is 4. The Hall–Kier alpha value is -3.11. The molecule has 0 atom stereocenters. The minimum Gasteiger partial charge on any atom is -0.477 e. The van der Waals surface area contributed by atoms with Crippen molar-refractivity contribution in [1.29, 1.82) is 0 Å². The number of fused-ring (bicyclic) bond motifs is 1. The summed E-state index contributed by atoms with van der Waals surface area (Å²) < 4.78 is 53.6. The van der Waals surface area contributed by atoms with Crippen molar-refractivity contribution in [2.75, 3.05) is 24.5 Å². The number of halogens is 4. The van der Waals surface area contributed by atoms with E-state index in [1.165, 1.54) is 12.3 Å². The van der Waals surface area contributed by atoms with Gasteiger partial charge in [0, 0.05) is 42.7 Å². The van der Waals surface area contributed by atoms with Gasteiger partial charge in [-0.2, -0.15) is 13.2 Å². The van der Waals surface area contributed by atoms with Crippen LogP contribution in [0.5, 0.6) is 0 Å². The van der Waals surface area contributed by atoms with Crippen molar-refractivity contribution >= 4 is 28.5 Å². The number of hydrogen-bond donors (Lipinski definition) is 2. The van der Waals surface area contributed by atoms with Crippen molar-refractivity contribution in [3.63, 3.8) is 0 Å². The largest absolute Gasteiger partial charge is 0.477 e. The van der Waals surface area contributed by atoms with Crippen LogP contribution in [0.3, 0.4) is 0 Å². The summed E-state index contributed by atoms with van der Waals surface area (Å²) in [5, 5.41) is 11.1. The smallest absolute Gasteiger partial charge is 0.471 e. The SMILES string of the molecule is CC1(CNC(=O)C(F)(F)F)CN(c2cc3c(cc2F)c(=O)c(C(=O)O)cn3C2CC2)C1. The number of carboxylic acid groups (broad SMARTS) is 1. The van der Waals surface area contributed by atoms with Crippen LogP contribution >= 0.6 is 0 Å². The molecule has 2 aromatic rings. The summed E-state index contributed by atoms with van der Waals surface area (Å²) >= 11 is 0. The number of aromatic nitrogens is 1. The number of carbonyl (C=O) groups is 2. The fraction of sp³-hybridized carbons (Fsp3) is 0.450. The molecule has 1 aromatic heterocycles. The van der Waals surface area contributed by atoms with E-state index in [2.05, 4.69) is 0 Å². The molecule has 0 bridgehead atoms. The average molecular weight is 441 g/mol. The van der Waals surface area contributed by atoms with Gasteiger partial charge in [0.1, 0.15) is 11.4 Å². The van der Waals surface area contributed by atoms with Gasteiger partial charge in [-0.15, -0.1) is 0 Å². The van der Waals surface area contributed by atoms with Crippen LogP contribution in [-0.4, -0.2) is 47.4 Å². The number of nitrogens with one attached hydrogen (secondary N) is 1. The van der Waals surface area contributed by atoms with Gasteiger partial charge in [0.2, 0.25) is 5.43 Å². The van der Waals surface area contributed by atoms with Gasteiger partial charge in [0.15, 0.2) is 0 Å². The molecule has 2 fully saturated rings. The lowest BCUT2D eigenvalue weighted by molar-refractivity contribution is -0.174. The Balaban J connectivity index is 1.61. The van der Waals surface area contributed by atoms with E-state index in [0.29, 0.717) is 5.52 Å². The highest BCUT2D eigenvalue weighted by Gasteiger charge is 2.44. The molecule has 0 unspecified atom stereocenters. The third-order valence-corrected chi connectivity index (χ3v) is 5.69. The lowest BCUT2D eigenvalue weighted by Gasteiger charge is -2.49. The Labute approximate surface area is 173 Å². The predicted octanol–water partition coefficient (Wildman–Crippen LogP) is 2.68. The summed E-state index contributed by atoms with van der Waals surface area (Å²) in [6, 6.07) is 2.52. The van der Waals surface area contributed by atoms with Crippen LogP contribution in [-0.2, 0) is 4.79 Å². The predicted molar refractivity (Wildman–Crippen MR) is 103 cm³/mol. The van der Waals surface area contributed by atoms with Crippen LogP contribution in [0.25, 0.3) is 10.9 Å². The molecule has 0 radical (unpaired) electrons. The maximum absolute atomic E-state index is 14.8. The van der Waals surface area contributed by atoms with Crippen LogP contribution in [0, 0.1) is 11.2 Å². The van der Waals surface area contributed by atoms with E-state index in [1.54, 1.807) is 16.4 Å². The van der Waals surface area contributed by atoms with E-state index in [4.69, 9.17) is 0 Å². The number of alkyl halides is 3. The van der Waals surface area contributed by atoms with E-state index >= 15 is 0 Å². The summed E-state index contributed by atoms with van der Waals surface area (Å²) in [7, 11) is 0.